The zero-order valence-electron chi connectivity index (χ0n) is 18.0. The van der Waals surface area contributed by atoms with Crippen molar-refractivity contribution in [2.75, 3.05) is 11.6 Å². The van der Waals surface area contributed by atoms with E-state index in [9.17, 15) is 9.59 Å². The molecule has 2 heterocycles. The minimum Gasteiger partial charge on any atom is -0.461 e. The van der Waals surface area contributed by atoms with Crippen LogP contribution in [0.25, 0.3) is 5.76 Å². The smallest absolute Gasteiger partial charge is 0.355 e. The van der Waals surface area contributed by atoms with Crippen LogP contribution in [0.15, 0.2) is 102 Å². The van der Waals surface area contributed by atoms with Crippen LogP contribution in [0.2, 0.25) is 0 Å². The maximum absolute atomic E-state index is 13.7. The molecule has 0 saturated heterocycles. The molecule has 2 aliphatic heterocycles. The van der Waals surface area contributed by atoms with Gasteiger partial charge in [0.05, 0.1) is 18.2 Å². The highest BCUT2D eigenvalue weighted by atomic mass is 16.5. The number of benzene rings is 3. The Morgan fingerprint density at radius 3 is 2.21 bits per heavy atom. The lowest BCUT2D eigenvalue weighted by Gasteiger charge is -2.33. The fraction of sp³-hybridized carbons (Fsp3) is 0.148. The van der Waals surface area contributed by atoms with Crippen molar-refractivity contribution < 1.29 is 19.1 Å². The van der Waals surface area contributed by atoms with Gasteiger partial charge in [-0.25, -0.2) is 14.6 Å². The van der Waals surface area contributed by atoms with Crippen molar-refractivity contribution in [3.8, 4) is 0 Å². The molecular weight excluding hydrogens is 416 g/mol. The van der Waals surface area contributed by atoms with E-state index >= 15 is 0 Å². The molecule has 2 atom stereocenters. The van der Waals surface area contributed by atoms with Gasteiger partial charge in [0.25, 0.3) is 0 Å². The Hall–Kier alpha value is -4.19. The van der Waals surface area contributed by atoms with E-state index in [2.05, 4.69) is 5.10 Å². The van der Waals surface area contributed by atoms with Crippen LogP contribution in [0.1, 0.15) is 24.0 Å². The molecule has 0 fully saturated rings. The first kappa shape index (κ1) is 20.7. The van der Waals surface area contributed by atoms with E-state index in [-0.39, 0.29) is 12.3 Å². The van der Waals surface area contributed by atoms with Gasteiger partial charge in [-0.05, 0) is 30.7 Å². The Balaban J connectivity index is 1.75. The van der Waals surface area contributed by atoms with Crippen molar-refractivity contribution >= 4 is 29.1 Å². The second-order valence-corrected chi connectivity index (χ2v) is 7.79. The van der Waals surface area contributed by atoms with E-state index in [1.54, 1.807) is 18.0 Å². The normalized spacial score (nSPS) is 21.5. The molecule has 0 saturated carbocycles. The maximum atomic E-state index is 13.7. The number of cyclic esters (lactones) is 1. The molecule has 6 heteroatoms. The van der Waals surface area contributed by atoms with Crippen molar-refractivity contribution in [3.05, 3.63) is 108 Å². The molecule has 0 bridgehead atoms. The molecule has 2 aliphatic rings. The molecule has 0 aliphatic carbocycles. The Kier molecular flexibility index (Phi) is 5.26. The number of anilines is 1. The van der Waals surface area contributed by atoms with Crippen LogP contribution >= 0.6 is 0 Å². The SMILES string of the molecule is CCOC(=O)C1=NN(c2ccccc2)[C@@]2(C=C(c3ccccc3)OC2=O)[C@H]1c1ccccc1. The first-order chi connectivity index (χ1) is 16.1. The molecule has 6 nitrogen and oxygen atoms in total. The lowest BCUT2D eigenvalue weighted by molar-refractivity contribution is -0.139. The van der Waals surface area contributed by atoms with Gasteiger partial charge in [0, 0.05) is 5.56 Å². The van der Waals surface area contributed by atoms with Crippen LogP contribution < -0.4 is 5.01 Å². The number of para-hydroxylation sites is 1. The highest BCUT2D eigenvalue weighted by molar-refractivity contribution is 6.41. The Morgan fingerprint density at radius 2 is 1.58 bits per heavy atom. The van der Waals surface area contributed by atoms with Gasteiger partial charge in [-0.3, -0.25) is 0 Å². The molecule has 5 rings (SSSR count). The summed E-state index contributed by atoms with van der Waals surface area (Å²) in [5, 5.41) is 6.27. The molecule has 0 unspecified atom stereocenters. The van der Waals surface area contributed by atoms with Crippen molar-refractivity contribution in [3.63, 3.8) is 0 Å². The van der Waals surface area contributed by atoms with Gasteiger partial charge in [0.1, 0.15) is 5.76 Å². The molecule has 0 amide bonds. The number of hydrazone groups is 1. The summed E-state index contributed by atoms with van der Waals surface area (Å²) in [6, 6.07) is 28.1. The number of rotatable bonds is 5. The first-order valence-corrected chi connectivity index (χ1v) is 10.8. The van der Waals surface area contributed by atoms with Crippen LogP contribution in [-0.4, -0.2) is 29.8 Å². The Bertz CT molecular complexity index is 1240. The number of carbonyl (C=O) groups is 2. The molecule has 0 aromatic heterocycles. The lowest BCUT2D eigenvalue weighted by Crippen LogP contribution is -2.51. The maximum Gasteiger partial charge on any atom is 0.355 e. The molecule has 3 aromatic rings. The van der Waals surface area contributed by atoms with E-state index in [0.29, 0.717) is 11.4 Å². The molecule has 0 radical (unpaired) electrons. The summed E-state index contributed by atoms with van der Waals surface area (Å²) in [6.07, 6.45) is 1.78. The summed E-state index contributed by atoms with van der Waals surface area (Å²) < 4.78 is 11.2. The summed E-state index contributed by atoms with van der Waals surface area (Å²) >= 11 is 0. The van der Waals surface area contributed by atoms with Crippen LogP contribution in [-0.2, 0) is 19.1 Å². The number of hydrogen-bond acceptors (Lipinski definition) is 6. The topological polar surface area (TPSA) is 68.2 Å². The van der Waals surface area contributed by atoms with Crippen molar-refractivity contribution in [2.45, 2.75) is 18.4 Å². The standard InChI is InChI=1S/C27H22N2O4/c1-2-32-25(30)24-23(20-14-8-4-9-15-20)27(29(28-24)21-16-10-5-11-17-21)18-22(33-26(27)31)19-12-6-3-7-13-19/h3-18,23H,2H2,1H3/t23-,27-/m0/s1. The van der Waals surface area contributed by atoms with Crippen LogP contribution in [0.5, 0.6) is 0 Å². The van der Waals surface area contributed by atoms with Gasteiger partial charge in [-0.1, -0.05) is 78.9 Å². The number of ether oxygens (including phenoxy) is 2. The van der Waals surface area contributed by atoms with E-state index in [4.69, 9.17) is 9.47 Å². The van der Waals surface area contributed by atoms with E-state index in [1.165, 1.54) is 0 Å². The fourth-order valence-corrected chi connectivity index (χ4v) is 4.40. The van der Waals surface area contributed by atoms with Gasteiger partial charge in [-0.15, -0.1) is 0 Å². The number of hydrogen-bond donors (Lipinski definition) is 0. The predicted molar refractivity (Wildman–Crippen MR) is 125 cm³/mol. The molecule has 3 aromatic carbocycles. The van der Waals surface area contributed by atoms with Crippen LogP contribution in [0.4, 0.5) is 5.69 Å². The third kappa shape index (κ3) is 3.40. The highest BCUT2D eigenvalue weighted by Gasteiger charge is 2.62. The van der Waals surface area contributed by atoms with E-state index in [0.717, 1.165) is 11.1 Å². The summed E-state index contributed by atoms with van der Waals surface area (Å²) in [6.45, 7) is 1.94. The predicted octanol–water partition coefficient (Wildman–Crippen LogP) is 4.55. The minimum atomic E-state index is -1.38. The summed E-state index contributed by atoms with van der Waals surface area (Å²) in [4.78, 5) is 26.8. The van der Waals surface area contributed by atoms with Crippen LogP contribution in [0.3, 0.4) is 0 Å². The lowest BCUT2D eigenvalue weighted by atomic mass is 9.76. The number of carbonyl (C=O) groups excluding carboxylic acids is 2. The van der Waals surface area contributed by atoms with Gasteiger partial charge in [0.15, 0.2) is 11.3 Å². The van der Waals surface area contributed by atoms with Gasteiger partial charge >= 0.3 is 11.9 Å². The average molecular weight is 438 g/mol. The third-order valence-corrected chi connectivity index (χ3v) is 5.83. The van der Waals surface area contributed by atoms with Crippen molar-refractivity contribution in [1.29, 1.82) is 0 Å². The fourth-order valence-electron chi connectivity index (χ4n) is 4.40. The molecule has 0 N–H and O–H groups in total. The quantitative estimate of drug-likeness (QED) is 0.547. The minimum absolute atomic E-state index is 0.161. The first-order valence-electron chi connectivity index (χ1n) is 10.8. The summed E-state index contributed by atoms with van der Waals surface area (Å²) in [5.74, 6) is -1.34. The van der Waals surface area contributed by atoms with Crippen molar-refractivity contribution in [1.82, 2.24) is 0 Å². The van der Waals surface area contributed by atoms with Crippen LogP contribution in [0, 0.1) is 0 Å². The monoisotopic (exact) mass is 438 g/mol. The third-order valence-electron chi connectivity index (χ3n) is 5.83. The Labute approximate surface area is 191 Å². The van der Waals surface area contributed by atoms with Crippen molar-refractivity contribution in [2.24, 2.45) is 5.10 Å². The second kappa shape index (κ2) is 8.39. The highest BCUT2D eigenvalue weighted by Crippen LogP contribution is 2.49. The zero-order valence-corrected chi connectivity index (χ0v) is 18.0. The van der Waals surface area contributed by atoms with Gasteiger partial charge in [0.2, 0.25) is 0 Å². The zero-order chi connectivity index (χ0) is 22.8. The van der Waals surface area contributed by atoms with E-state index in [1.807, 2.05) is 91.0 Å². The molecule has 164 valence electrons. The summed E-state index contributed by atoms with van der Waals surface area (Å²) in [7, 11) is 0. The Morgan fingerprint density at radius 1 is 0.970 bits per heavy atom. The number of esters is 2. The summed E-state index contributed by atoms with van der Waals surface area (Å²) in [5.41, 5.74) is 0.989. The number of nitrogens with zero attached hydrogens (tertiary/aromatic N) is 2. The largest absolute Gasteiger partial charge is 0.461 e. The van der Waals surface area contributed by atoms with E-state index < -0.39 is 23.4 Å². The molecular formula is C27H22N2O4. The average Bonchev–Trinajstić information content (AvgIpc) is 3.39. The van der Waals surface area contributed by atoms with Gasteiger partial charge < -0.3 is 9.47 Å². The second-order valence-electron chi connectivity index (χ2n) is 7.79. The molecule has 1 spiro atoms. The molecule has 33 heavy (non-hydrogen) atoms. The van der Waals surface area contributed by atoms with Gasteiger partial charge in [-0.2, -0.15) is 5.10 Å².